The molecule has 0 bridgehead atoms. The Morgan fingerprint density at radius 1 is 1.37 bits per heavy atom. The van der Waals surface area contributed by atoms with Gasteiger partial charge in [-0.05, 0) is 18.6 Å². The minimum Gasteiger partial charge on any atom is -0.491 e. The van der Waals surface area contributed by atoms with Crippen LogP contribution in [-0.4, -0.2) is 47.4 Å². The minimum absolute atomic E-state index is 0.0383. The summed E-state index contributed by atoms with van der Waals surface area (Å²) in [6.07, 6.45) is 1.08. The number of aryl methyl sites for hydroxylation is 1. The van der Waals surface area contributed by atoms with Crippen molar-refractivity contribution in [2.75, 3.05) is 20.3 Å². The second-order valence-corrected chi connectivity index (χ2v) is 6.34. The van der Waals surface area contributed by atoms with E-state index in [0.29, 0.717) is 31.2 Å². The molecule has 1 saturated heterocycles. The number of hydrogen-bond acceptors (Lipinski definition) is 6. The molecule has 0 N–H and O–H groups in total. The molecule has 146 valence electrons. The van der Waals surface area contributed by atoms with Crippen LogP contribution in [0.2, 0.25) is 0 Å². The summed E-state index contributed by atoms with van der Waals surface area (Å²) in [6, 6.07) is 2.78. The molecule has 1 aromatic carbocycles. The fourth-order valence-electron chi connectivity index (χ4n) is 3.07. The van der Waals surface area contributed by atoms with Crippen LogP contribution in [0.25, 0.3) is 0 Å². The third-order valence-corrected chi connectivity index (χ3v) is 4.43. The van der Waals surface area contributed by atoms with Crippen molar-refractivity contribution in [2.24, 2.45) is 0 Å². The molecule has 1 amide bonds. The number of hydrogen-bond donors (Lipinski definition) is 0. The Morgan fingerprint density at radius 2 is 2.19 bits per heavy atom. The van der Waals surface area contributed by atoms with E-state index in [2.05, 4.69) is 10.2 Å². The van der Waals surface area contributed by atoms with Gasteiger partial charge in [-0.2, -0.15) is 0 Å². The summed E-state index contributed by atoms with van der Waals surface area (Å²) in [5, 5.41) is 7.84. The van der Waals surface area contributed by atoms with Crippen LogP contribution in [0, 0.1) is 18.6 Å². The number of halogens is 2. The topological polar surface area (TPSA) is 77.7 Å². The lowest BCUT2D eigenvalue weighted by atomic mass is 10.2. The van der Waals surface area contributed by atoms with E-state index in [9.17, 15) is 13.6 Å². The van der Waals surface area contributed by atoms with Gasteiger partial charge < -0.3 is 18.8 Å². The molecule has 7 nitrogen and oxygen atoms in total. The first-order valence-electron chi connectivity index (χ1n) is 8.68. The van der Waals surface area contributed by atoms with Gasteiger partial charge in [0.2, 0.25) is 17.7 Å². The van der Waals surface area contributed by atoms with Gasteiger partial charge >= 0.3 is 0 Å². The quantitative estimate of drug-likeness (QED) is 0.687. The van der Waals surface area contributed by atoms with Crippen molar-refractivity contribution >= 4 is 5.91 Å². The van der Waals surface area contributed by atoms with Gasteiger partial charge in [0.05, 0.1) is 12.7 Å². The molecule has 2 aromatic rings. The molecule has 0 unspecified atom stereocenters. The fraction of sp³-hybridized carbons (Fsp3) is 0.500. The molecule has 0 spiro atoms. The SMILES string of the molecule is CO[C@@H]1C[C@H](c2nnc(C)o2)N(C(=O)CCCOc2ccc(F)cc2F)C1. The van der Waals surface area contributed by atoms with Crippen LogP contribution in [0.5, 0.6) is 5.75 Å². The maximum absolute atomic E-state index is 13.5. The average Bonchev–Trinajstić information content (AvgIpc) is 3.26. The van der Waals surface area contributed by atoms with Crippen molar-refractivity contribution < 1.29 is 27.5 Å². The van der Waals surface area contributed by atoms with Gasteiger partial charge in [-0.1, -0.05) is 0 Å². The lowest BCUT2D eigenvalue weighted by molar-refractivity contribution is -0.133. The average molecular weight is 381 g/mol. The highest BCUT2D eigenvalue weighted by Crippen LogP contribution is 2.33. The normalized spacial score (nSPS) is 19.5. The Hall–Kier alpha value is -2.55. The maximum atomic E-state index is 13.5. The third-order valence-electron chi connectivity index (χ3n) is 4.43. The van der Waals surface area contributed by atoms with E-state index in [1.165, 1.54) is 6.07 Å². The van der Waals surface area contributed by atoms with Gasteiger partial charge in [0, 0.05) is 39.5 Å². The van der Waals surface area contributed by atoms with Crippen LogP contribution >= 0.6 is 0 Å². The predicted molar refractivity (Wildman–Crippen MR) is 90.0 cm³/mol. The molecule has 1 aliphatic rings. The van der Waals surface area contributed by atoms with Gasteiger partial charge in [0.15, 0.2) is 11.6 Å². The summed E-state index contributed by atoms with van der Waals surface area (Å²) in [7, 11) is 1.60. The lowest BCUT2D eigenvalue weighted by Gasteiger charge is -2.21. The Labute approximate surface area is 155 Å². The first-order valence-corrected chi connectivity index (χ1v) is 8.68. The summed E-state index contributed by atoms with van der Waals surface area (Å²) in [6.45, 7) is 2.27. The molecule has 3 rings (SSSR count). The highest BCUT2D eigenvalue weighted by molar-refractivity contribution is 5.77. The zero-order valence-corrected chi connectivity index (χ0v) is 15.2. The van der Waals surface area contributed by atoms with Crippen LogP contribution in [0.15, 0.2) is 22.6 Å². The number of rotatable bonds is 7. The van der Waals surface area contributed by atoms with Gasteiger partial charge in [-0.15, -0.1) is 10.2 Å². The van der Waals surface area contributed by atoms with Crippen LogP contribution in [-0.2, 0) is 9.53 Å². The number of nitrogens with zero attached hydrogens (tertiary/aromatic N) is 3. The van der Waals surface area contributed by atoms with E-state index in [-0.39, 0.29) is 36.8 Å². The molecular weight excluding hydrogens is 360 g/mol. The largest absolute Gasteiger partial charge is 0.491 e. The highest BCUT2D eigenvalue weighted by atomic mass is 19.1. The highest BCUT2D eigenvalue weighted by Gasteiger charge is 2.39. The van der Waals surface area contributed by atoms with Gasteiger partial charge in [-0.3, -0.25) is 4.79 Å². The zero-order valence-electron chi connectivity index (χ0n) is 15.2. The number of benzene rings is 1. The van der Waals surface area contributed by atoms with Crippen LogP contribution < -0.4 is 4.74 Å². The Balaban J connectivity index is 1.54. The van der Waals surface area contributed by atoms with E-state index in [1.807, 2.05) is 0 Å². The summed E-state index contributed by atoms with van der Waals surface area (Å²) < 4.78 is 42.5. The number of carbonyl (C=O) groups is 1. The van der Waals surface area contributed by atoms with Crippen molar-refractivity contribution in [3.63, 3.8) is 0 Å². The van der Waals surface area contributed by atoms with E-state index < -0.39 is 11.6 Å². The van der Waals surface area contributed by atoms with Gasteiger partial charge in [-0.25, -0.2) is 8.78 Å². The molecule has 1 aromatic heterocycles. The number of likely N-dealkylation sites (tertiary alicyclic amines) is 1. The van der Waals surface area contributed by atoms with E-state index in [0.717, 1.165) is 12.1 Å². The Morgan fingerprint density at radius 3 is 2.85 bits per heavy atom. The van der Waals surface area contributed by atoms with Crippen molar-refractivity contribution in [2.45, 2.75) is 38.3 Å². The first kappa shape index (κ1) is 19.2. The number of amides is 1. The van der Waals surface area contributed by atoms with E-state index in [4.69, 9.17) is 13.9 Å². The minimum atomic E-state index is -0.768. The number of aromatic nitrogens is 2. The van der Waals surface area contributed by atoms with Crippen LogP contribution in [0.1, 0.15) is 37.1 Å². The van der Waals surface area contributed by atoms with E-state index >= 15 is 0 Å². The zero-order chi connectivity index (χ0) is 19.4. The van der Waals surface area contributed by atoms with Crippen LogP contribution in [0.4, 0.5) is 8.78 Å². The molecule has 1 fully saturated rings. The van der Waals surface area contributed by atoms with Gasteiger partial charge in [0.1, 0.15) is 11.9 Å². The number of ether oxygens (including phenoxy) is 2. The van der Waals surface area contributed by atoms with Crippen LogP contribution in [0.3, 0.4) is 0 Å². The third kappa shape index (κ3) is 4.60. The maximum Gasteiger partial charge on any atom is 0.239 e. The summed E-state index contributed by atoms with van der Waals surface area (Å²) in [4.78, 5) is 14.3. The molecule has 0 saturated carbocycles. The lowest BCUT2D eigenvalue weighted by Crippen LogP contribution is -2.32. The van der Waals surface area contributed by atoms with Crippen molar-refractivity contribution in [3.05, 3.63) is 41.6 Å². The molecule has 0 aliphatic carbocycles. The molecule has 9 heteroatoms. The second-order valence-electron chi connectivity index (χ2n) is 6.34. The summed E-state index contributed by atoms with van der Waals surface area (Å²) in [5.74, 6) is -0.741. The molecule has 2 heterocycles. The molecule has 2 atom stereocenters. The van der Waals surface area contributed by atoms with Crippen molar-refractivity contribution in [1.29, 1.82) is 0 Å². The second kappa shape index (κ2) is 8.43. The molecule has 27 heavy (non-hydrogen) atoms. The number of methoxy groups -OCH3 is 1. The summed E-state index contributed by atoms with van der Waals surface area (Å²) >= 11 is 0. The number of carbonyl (C=O) groups excluding carboxylic acids is 1. The molecular formula is C18H21F2N3O4. The Kier molecular flexibility index (Phi) is 6.00. The molecule has 1 aliphatic heterocycles. The smallest absolute Gasteiger partial charge is 0.239 e. The summed E-state index contributed by atoms with van der Waals surface area (Å²) in [5.41, 5.74) is 0. The molecule has 0 radical (unpaired) electrons. The Bertz CT molecular complexity index is 799. The fourth-order valence-corrected chi connectivity index (χ4v) is 3.07. The van der Waals surface area contributed by atoms with E-state index in [1.54, 1.807) is 18.9 Å². The predicted octanol–water partition coefficient (Wildman–Crippen LogP) is 2.80. The van der Waals surface area contributed by atoms with Gasteiger partial charge in [0.25, 0.3) is 0 Å². The first-order chi connectivity index (χ1) is 13.0. The monoisotopic (exact) mass is 381 g/mol. The van der Waals surface area contributed by atoms with Crippen molar-refractivity contribution in [1.82, 2.24) is 15.1 Å². The standard InChI is InChI=1S/C18H21F2N3O4/c1-11-21-22-18(27-11)15-9-13(25-2)10-23(15)17(24)4-3-7-26-16-6-5-12(19)8-14(16)20/h5-6,8,13,15H,3-4,7,9-10H2,1-2H3/t13-,15-/m1/s1. The van der Waals surface area contributed by atoms with Crippen molar-refractivity contribution in [3.8, 4) is 5.75 Å².